The van der Waals surface area contributed by atoms with Gasteiger partial charge in [-0.05, 0) is 32.3 Å². The van der Waals surface area contributed by atoms with Gasteiger partial charge in [0.1, 0.15) is 23.4 Å². The lowest BCUT2D eigenvalue weighted by atomic mass is 9.58. The zero-order valence-electron chi connectivity index (χ0n) is 20.3. The normalized spacial score (nSPS) is 53.3. The second kappa shape index (κ2) is 7.69. The number of aliphatic hydroxyl groups excluding tert-OH is 4. The zero-order chi connectivity index (χ0) is 25.8. The SMILES string of the molecule is C=C(C)C1O[C@@]2(c3ccccc3)O[C@H]3C1CC[C@@]1(O2)C3[C@H](O)[C@@](O)(CO)[C@@H](O)[C@@]2(O)C1C=C(C)[C@@H]2O. The molecule has 196 valence electrons. The first kappa shape index (κ1) is 24.7. The molecule has 2 saturated carbocycles. The summed E-state index contributed by atoms with van der Waals surface area (Å²) in [6.45, 7) is 6.54. The van der Waals surface area contributed by atoms with Crippen LogP contribution >= 0.6 is 0 Å². The largest absolute Gasteiger partial charge is 0.393 e. The molecule has 2 saturated heterocycles. The summed E-state index contributed by atoms with van der Waals surface area (Å²) in [5, 5.41) is 67.9. The lowest BCUT2D eigenvalue weighted by Gasteiger charge is -2.66. The van der Waals surface area contributed by atoms with Gasteiger partial charge in [0.15, 0.2) is 0 Å². The maximum absolute atomic E-state index is 12.0. The smallest absolute Gasteiger partial charge is 0.313 e. The molecule has 0 radical (unpaired) electrons. The molecular weight excluding hydrogens is 468 g/mol. The van der Waals surface area contributed by atoms with Crippen molar-refractivity contribution >= 4 is 0 Å². The Bertz CT molecular complexity index is 1110. The van der Waals surface area contributed by atoms with Crippen molar-refractivity contribution in [2.75, 3.05) is 6.61 Å². The van der Waals surface area contributed by atoms with Crippen molar-refractivity contribution in [3.05, 3.63) is 59.7 Å². The van der Waals surface area contributed by atoms with E-state index in [4.69, 9.17) is 14.2 Å². The Hall–Kier alpha value is -1.66. The van der Waals surface area contributed by atoms with Crippen LogP contribution in [0.2, 0.25) is 0 Å². The Morgan fingerprint density at radius 2 is 1.81 bits per heavy atom. The van der Waals surface area contributed by atoms with E-state index in [1.54, 1.807) is 25.1 Å². The molecule has 9 nitrogen and oxygen atoms in total. The lowest BCUT2D eigenvalue weighted by Crippen LogP contribution is -2.75. The monoisotopic (exact) mass is 502 g/mol. The first-order valence-corrected chi connectivity index (χ1v) is 12.5. The first-order chi connectivity index (χ1) is 17.0. The predicted octanol–water partition coefficient (Wildman–Crippen LogP) is 0.0791. The highest BCUT2D eigenvalue weighted by molar-refractivity contribution is 5.37. The summed E-state index contributed by atoms with van der Waals surface area (Å²) in [5.41, 5.74) is -4.61. The second-order valence-corrected chi connectivity index (χ2v) is 11.3. The molecular formula is C27H34O9. The molecule has 5 aliphatic rings. The van der Waals surface area contributed by atoms with Gasteiger partial charge >= 0.3 is 5.97 Å². The standard InChI is InChI=1S/C27H34O9/c1-13(2)19-16-9-10-25-17-11-14(3)21(29)26(17,33)23(31)24(32,12-28)22(30)18(25)20(16)35-27(34-19,36-25)15-7-5-4-6-8-15/h4-8,11,16-23,28-33H,1,9-10,12H2,2-3H3/t16?,17?,18?,19?,20-,21-,22-,23+,24-,25-,26+,27-/m0/s1. The molecule has 0 amide bonds. The molecule has 3 bridgehead atoms. The Morgan fingerprint density at radius 1 is 1.11 bits per heavy atom. The van der Waals surface area contributed by atoms with Crippen LogP contribution in [0.25, 0.3) is 0 Å². The minimum Gasteiger partial charge on any atom is -0.393 e. The minimum atomic E-state index is -2.56. The van der Waals surface area contributed by atoms with E-state index in [1.165, 1.54) is 0 Å². The van der Waals surface area contributed by atoms with E-state index < -0.39 is 71.7 Å². The van der Waals surface area contributed by atoms with E-state index in [0.29, 0.717) is 24.0 Å². The Balaban J connectivity index is 1.62. The van der Waals surface area contributed by atoms with E-state index in [2.05, 4.69) is 6.58 Å². The number of benzene rings is 1. The van der Waals surface area contributed by atoms with Crippen molar-refractivity contribution in [3.63, 3.8) is 0 Å². The van der Waals surface area contributed by atoms with E-state index >= 15 is 0 Å². The number of ether oxygens (including phenoxy) is 3. The van der Waals surface area contributed by atoms with Gasteiger partial charge in [0.2, 0.25) is 0 Å². The maximum Gasteiger partial charge on any atom is 0.313 e. The average Bonchev–Trinajstić information content (AvgIpc) is 3.08. The van der Waals surface area contributed by atoms with Gasteiger partial charge < -0.3 is 44.8 Å². The lowest BCUT2D eigenvalue weighted by molar-refractivity contribution is -0.537. The molecule has 6 N–H and O–H groups in total. The number of hydrogen-bond acceptors (Lipinski definition) is 9. The van der Waals surface area contributed by atoms with Gasteiger partial charge in [0, 0.05) is 23.3 Å². The summed E-state index contributed by atoms with van der Waals surface area (Å²) in [5.74, 6) is -4.00. The van der Waals surface area contributed by atoms with E-state index in [-0.39, 0.29) is 5.92 Å². The zero-order valence-corrected chi connectivity index (χ0v) is 20.3. The molecule has 0 spiro atoms. The van der Waals surface area contributed by atoms with Crippen molar-refractivity contribution in [2.24, 2.45) is 17.8 Å². The van der Waals surface area contributed by atoms with Crippen LogP contribution in [-0.2, 0) is 20.2 Å². The first-order valence-electron chi connectivity index (χ1n) is 12.5. The second-order valence-electron chi connectivity index (χ2n) is 11.3. The molecule has 2 aliphatic heterocycles. The minimum absolute atomic E-state index is 0.265. The third-order valence-corrected chi connectivity index (χ3v) is 9.45. The van der Waals surface area contributed by atoms with Crippen LogP contribution in [0.1, 0.15) is 32.3 Å². The summed E-state index contributed by atoms with van der Waals surface area (Å²) < 4.78 is 19.9. The summed E-state index contributed by atoms with van der Waals surface area (Å²) in [7, 11) is 0. The van der Waals surface area contributed by atoms with Gasteiger partial charge in [-0.3, -0.25) is 0 Å². The molecule has 4 fully saturated rings. The van der Waals surface area contributed by atoms with Crippen molar-refractivity contribution < 1.29 is 44.8 Å². The van der Waals surface area contributed by atoms with Crippen molar-refractivity contribution in [1.82, 2.24) is 0 Å². The summed E-state index contributed by atoms with van der Waals surface area (Å²) in [6.07, 6.45) is -4.14. The molecule has 1 aromatic rings. The number of aliphatic hydroxyl groups is 6. The van der Waals surface area contributed by atoms with Crippen LogP contribution in [0.4, 0.5) is 0 Å². The number of fused-ring (bicyclic) bond motifs is 2. The fourth-order valence-electron chi connectivity index (χ4n) is 7.73. The molecule has 0 aromatic heterocycles. The van der Waals surface area contributed by atoms with Gasteiger partial charge in [0.25, 0.3) is 0 Å². The van der Waals surface area contributed by atoms with Gasteiger partial charge in [-0.15, -0.1) is 0 Å². The fourth-order valence-corrected chi connectivity index (χ4v) is 7.73. The van der Waals surface area contributed by atoms with Crippen LogP contribution in [0.5, 0.6) is 0 Å². The third kappa shape index (κ3) is 2.76. The highest BCUT2D eigenvalue weighted by atomic mass is 16.9. The molecule has 4 unspecified atom stereocenters. The summed E-state index contributed by atoms with van der Waals surface area (Å²) in [4.78, 5) is 0. The highest BCUT2D eigenvalue weighted by Gasteiger charge is 2.79. The molecule has 6 rings (SSSR count). The van der Waals surface area contributed by atoms with Crippen LogP contribution in [0, 0.1) is 17.8 Å². The Kier molecular flexibility index (Phi) is 5.27. The summed E-state index contributed by atoms with van der Waals surface area (Å²) in [6, 6.07) is 9.07. The van der Waals surface area contributed by atoms with Crippen LogP contribution in [-0.4, -0.2) is 84.6 Å². The maximum atomic E-state index is 12.0. The molecule has 12 atom stereocenters. The van der Waals surface area contributed by atoms with Crippen molar-refractivity contribution in [2.45, 2.75) is 80.0 Å². The molecule has 3 aliphatic carbocycles. The van der Waals surface area contributed by atoms with Crippen molar-refractivity contribution in [3.8, 4) is 0 Å². The van der Waals surface area contributed by atoms with Crippen LogP contribution in [0.15, 0.2) is 54.1 Å². The fraction of sp³-hybridized carbons (Fsp3) is 0.630. The molecule has 9 heteroatoms. The van der Waals surface area contributed by atoms with Gasteiger partial charge in [-0.1, -0.05) is 48.6 Å². The number of hydrogen-bond donors (Lipinski definition) is 6. The van der Waals surface area contributed by atoms with Gasteiger partial charge in [-0.2, -0.15) is 0 Å². The Labute approximate surface area is 209 Å². The topological polar surface area (TPSA) is 149 Å². The van der Waals surface area contributed by atoms with Gasteiger partial charge in [0.05, 0.1) is 30.5 Å². The van der Waals surface area contributed by atoms with Gasteiger partial charge in [-0.25, -0.2) is 0 Å². The Morgan fingerprint density at radius 3 is 2.44 bits per heavy atom. The average molecular weight is 503 g/mol. The van der Waals surface area contributed by atoms with Crippen molar-refractivity contribution in [1.29, 1.82) is 0 Å². The van der Waals surface area contributed by atoms with E-state index in [1.807, 2.05) is 25.1 Å². The van der Waals surface area contributed by atoms with Crippen LogP contribution < -0.4 is 0 Å². The van der Waals surface area contributed by atoms with E-state index in [0.717, 1.165) is 5.57 Å². The highest BCUT2D eigenvalue weighted by Crippen LogP contribution is 2.66. The third-order valence-electron chi connectivity index (χ3n) is 9.45. The molecule has 1 aromatic carbocycles. The predicted molar refractivity (Wildman–Crippen MR) is 125 cm³/mol. The van der Waals surface area contributed by atoms with E-state index in [9.17, 15) is 30.6 Å². The summed E-state index contributed by atoms with van der Waals surface area (Å²) >= 11 is 0. The quantitative estimate of drug-likeness (QED) is 0.316. The number of rotatable bonds is 3. The molecule has 36 heavy (non-hydrogen) atoms. The molecule has 2 heterocycles. The van der Waals surface area contributed by atoms with Crippen LogP contribution in [0.3, 0.4) is 0 Å².